The number of hydrogen-bond donors (Lipinski definition) is 2. The van der Waals surface area contributed by atoms with Crippen molar-refractivity contribution in [3.05, 3.63) is 29.3 Å². The van der Waals surface area contributed by atoms with E-state index in [1.165, 1.54) is 11.1 Å². The van der Waals surface area contributed by atoms with Crippen LogP contribution in [-0.2, 0) is 13.0 Å². The first-order valence-electron chi connectivity index (χ1n) is 6.32. The van der Waals surface area contributed by atoms with Crippen molar-refractivity contribution in [3.8, 4) is 5.75 Å². The Labute approximate surface area is 103 Å². The first kappa shape index (κ1) is 12.4. The molecule has 1 fully saturated rings. The Morgan fingerprint density at radius 1 is 1.41 bits per heavy atom. The SMILES string of the molecule is CCc1ccc(OC)c(CNCC2(N)CC2)c1. The van der Waals surface area contributed by atoms with Crippen LogP contribution in [0, 0.1) is 0 Å². The fourth-order valence-corrected chi connectivity index (χ4v) is 1.97. The van der Waals surface area contributed by atoms with E-state index >= 15 is 0 Å². The predicted octanol–water partition coefficient (Wildman–Crippen LogP) is 1.84. The molecule has 1 aliphatic rings. The van der Waals surface area contributed by atoms with E-state index in [4.69, 9.17) is 10.5 Å². The van der Waals surface area contributed by atoms with Gasteiger partial charge in [0, 0.05) is 24.2 Å². The van der Waals surface area contributed by atoms with Gasteiger partial charge in [-0.1, -0.05) is 19.1 Å². The summed E-state index contributed by atoms with van der Waals surface area (Å²) >= 11 is 0. The normalized spacial score (nSPS) is 16.9. The minimum absolute atomic E-state index is 0.0651. The number of ether oxygens (including phenoxy) is 1. The molecule has 0 amide bonds. The number of aryl methyl sites for hydroxylation is 1. The maximum absolute atomic E-state index is 6.04. The molecule has 0 heterocycles. The highest BCUT2D eigenvalue weighted by atomic mass is 16.5. The zero-order chi connectivity index (χ0) is 12.3. The number of rotatable bonds is 6. The fraction of sp³-hybridized carbons (Fsp3) is 0.571. The second kappa shape index (κ2) is 5.07. The van der Waals surface area contributed by atoms with Crippen LogP contribution in [0.2, 0.25) is 0 Å². The summed E-state index contributed by atoms with van der Waals surface area (Å²) in [5.41, 5.74) is 8.67. The molecular formula is C14H22N2O. The summed E-state index contributed by atoms with van der Waals surface area (Å²) in [5.74, 6) is 0.955. The number of hydrogen-bond acceptors (Lipinski definition) is 3. The van der Waals surface area contributed by atoms with E-state index in [1.54, 1.807) is 7.11 Å². The van der Waals surface area contributed by atoms with Crippen LogP contribution in [0.5, 0.6) is 5.75 Å². The van der Waals surface area contributed by atoms with Gasteiger partial charge in [-0.15, -0.1) is 0 Å². The average Bonchev–Trinajstić information content (AvgIpc) is 3.07. The van der Waals surface area contributed by atoms with Crippen molar-refractivity contribution in [2.75, 3.05) is 13.7 Å². The molecule has 1 aromatic rings. The number of methoxy groups -OCH3 is 1. The van der Waals surface area contributed by atoms with Crippen LogP contribution >= 0.6 is 0 Å². The summed E-state index contributed by atoms with van der Waals surface area (Å²) in [6.07, 6.45) is 3.34. The summed E-state index contributed by atoms with van der Waals surface area (Å²) in [7, 11) is 1.72. The molecule has 1 aromatic carbocycles. The van der Waals surface area contributed by atoms with Crippen molar-refractivity contribution >= 4 is 0 Å². The summed E-state index contributed by atoms with van der Waals surface area (Å²) in [6.45, 7) is 3.89. The van der Waals surface area contributed by atoms with Gasteiger partial charge in [-0.25, -0.2) is 0 Å². The lowest BCUT2D eigenvalue weighted by atomic mass is 10.1. The number of benzene rings is 1. The maximum atomic E-state index is 6.04. The molecule has 0 aromatic heterocycles. The van der Waals surface area contributed by atoms with Gasteiger partial charge in [0.1, 0.15) is 5.75 Å². The Bertz CT molecular complexity index is 386. The molecule has 0 saturated heterocycles. The van der Waals surface area contributed by atoms with Crippen LogP contribution in [0.4, 0.5) is 0 Å². The van der Waals surface area contributed by atoms with Crippen molar-refractivity contribution in [2.45, 2.75) is 38.3 Å². The number of nitrogens with one attached hydrogen (secondary N) is 1. The molecule has 0 spiro atoms. The van der Waals surface area contributed by atoms with Crippen LogP contribution in [0.3, 0.4) is 0 Å². The summed E-state index contributed by atoms with van der Waals surface area (Å²) in [4.78, 5) is 0. The third-order valence-electron chi connectivity index (χ3n) is 3.44. The Kier molecular flexibility index (Phi) is 3.69. The molecule has 0 radical (unpaired) electrons. The minimum atomic E-state index is 0.0651. The highest BCUT2D eigenvalue weighted by Gasteiger charge is 2.37. The highest BCUT2D eigenvalue weighted by molar-refractivity contribution is 5.37. The monoisotopic (exact) mass is 234 g/mol. The quantitative estimate of drug-likeness (QED) is 0.789. The third-order valence-corrected chi connectivity index (χ3v) is 3.44. The molecule has 3 heteroatoms. The Morgan fingerprint density at radius 3 is 2.76 bits per heavy atom. The first-order chi connectivity index (χ1) is 8.17. The van der Waals surface area contributed by atoms with Crippen molar-refractivity contribution in [1.29, 1.82) is 0 Å². The molecule has 2 rings (SSSR count). The van der Waals surface area contributed by atoms with Gasteiger partial charge in [0.05, 0.1) is 7.11 Å². The molecule has 0 unspecified atom stereocenters. The van der Waals surface area contributed by atoms with Gasteiger partial charge in [-0.2, -0.15) is 0 Å². The summed E-state index contributed by atoms with van der Waals surface area (Å²) in [6, 6.07) is 6.38. The molecule has 94 valence electrons. The molecule has 17 heavy (non-hydrogen) atoms. The van der Waals surface area contributed by atoms with E-state index in [2.05, 4.69) is 24.4 Å². The molecule has 0 aliphatic heterocycles. The Hall–Kier alpha value is -1.06. The van der Waals surface area contributed by atoms with Gasteiger partial charge >= 0.3 is 0 Å². The van der Waals surface area contributed by atoms with Crippen molar-refractivity contribution in [2.24, 2.45) is 5.73 Å². The Balaban J connectivity index is 1.97. The standard InChI is InChI=1S/C14H22N2O/c1-3-11-4-5-13(17-2)12(8-11)9-16-10-14(15)6-7-14/h4-5,8,16H,3,6-7,9-10,15H2,1-2H3. The van der Waals surface area contributed by atoms with Gasteiger partial charge in [0.25, 0.3) is 0 Å². The van der Waals surface area contributed by atoms with Crippen molar-refractivity contribution < 1.29 is 4.74 Å². The van der Waals surface area contributed by atoms with E-state index in [9.17, 15) is 0 Å². The van der Waals surface area contributed by atoms with Gasteiger partial charge in [-0.05, 0) is 30.9 Å². The topological polar surface area (TPSA) is 47.3 Å². The predicted molar refractivity (Wildman–Crippen MR) is 70.2 cm³/mol. The molecular weight excluding hydrogens is 212 g/mol. The fourth-order valence-electron chi connectivity index (χ4n) is 1.97. The zero-order valence-electron chi connectivity index (χ0n) is 10.8. The van der Waals surface area contributed by atoms with Crippen molar-refractivity contribution in [1.82, 2.24) is 5.32 Å². The van der Waals surface area contributed by atoms with Gasteiger partial charge in [-0.3, -0.25) is 0 Å². The molecule has 0 atom stereocenters. The van der Waals surface area contributed by atoms with Crippen LogP contribution in [0.1, 0.15) is 30.9 Å². The first-order valence-corrected chi connectivity index (χ1v) is 6.32. The molecule has 1 aliphatic carbocycles. The van der Waals surface area contributed by atoms with Crippen LogP contribution in [0.25, 0.3) is 0 Å². The lowest BCUT2D eigenvalue weighted by Crippen LogP contribution is -2.35. The van der Waals surface area contributed by atoms with E-state index in [1.807, 2.05) is 6.07 Å². The highest BCUT2D eigenvalue weighted by Crippen LogP contribution is 2.31. The van der Waals surface area contributed by atoms with E-state index < -0.39 is 0 Å². The van der Waals surface area contributed by atoms with Crippen molar-refractivity contribution in [3.63, 3.8) is 0 Å². The average molecular weight is 234 g/mol. The lowest BCUT2D eigenvalue weighted by molar-refractivity contribution is 0.406. The van der Waals surface area contributed by atoms with E-state index in [0.717, 1.165) is 38.1 Å². The van der Waals surface area contributed by atoms with Gasteiger partial charge in [0.2, 0.25) is 0 Å². The van der Waals surface area contributed by atoms with Crippen LogP contribution in [-0.4, -0.2) is 19.2 Å². The second-order valence-electron chi connectivity index (χ2n) is 4.97. The minimum Gasteiger partial charge on any atom is -0.496 e. The van der Waals surface area contributed by atoms with Crippen LogP contribution < -0.4 is 15.8 Å². The van der Waals surface area contributed by atoms with Gasteiger partial charge in [0.15, 0.2) is 0 Å². The zero-order valence-corrected chi connectivity index (χ0v) is 10.8. The summed E-state index contributed by atoms with van der Waals surface area (Å²) in [5, 5.41) is 3.43. The second-order valence-corrected chi connectivity index (χ2v) is 4.97. The number of nitrogens with two attached hydrogens (primary N) is 1. The molecule has 0 bridgehead atoms. The van der Waals surface area contributed by atoms with Gasteiger partial charge < -0.3 is 15.8 Å². The molecule has 3 N–H and O–H groups in total. The smallest absolute Gasteiger partial charge is 0.123 e. The maximum Gasteiger partial charge on any atom is 0.123 e. The van der Waals surface area contributed by atoms with E-state index in [0.29, 0.717) is 0 Å². The molecule has 3 nitrogen and oxygen atoms in total. The third kappa shape index (κ3) is 3.20. The largest absolute Gasteiger partial charge is 0.496 e. The molecule has 1 saturated carbocycles. The summed E-state index contributed by atoms with van der Waals surface area (Å²) < 4.78 is 5.37. The Morgan fingerprint density at radius 2 is 2.18 bits per heavy atom. The lowest BCUT2D eigenvalue weighted by Gasteiger charge is -2.13. The van der Waals surface area contributed by atoms with Crippen LogP contribution in [0.15, 0.2) is 18.2 Å². The van der Waals surface area contributed by atoms with E-state index in [-0.39, 0.29) is 5.54 Å².